The Kier molecular flexibility index (Phi) is 1.73. The van der Waals surface area contributed by atoms with Gasteiger partial charge in [-0.2, -0.15) is 0 Å². The predicted octanol–water partition coefficient (Wildman–Crippen LogP) is 1.53. The van der Waals surface area contributed by atoms with E-state index in [2.05, 4.69) is 25.5 Å². The summed E-state index contributed by atoms with van der Waals surface area (Å²) in [4.78, 5) is 4.18. The van der Waals surface area contributed by atoms with Crippen molar-refractivity contribution >= 4 is 15.9 Å². The van der Waals surface area contributed by atoms with Gasteiger partial charge in [-0.25, -0.2) is 4.98 Å². The number of ether oxygens (including phenoxy) is 1. The molecule has 0 atom stereocenters. The molecule has 0 unspecified atom stereocenters. The second-order valence-electron chi connectivity index (χ2n) is 2.69. The van der Waals surface area contributed by atoms with Crippen molar-refractivity contribution in [3.63, 3.8) is 0 Å². The van der Waals surface area contributed by atoms with Gasteiger partial charge in [-0.05, 0) is 22.9 Å². The molecule has 11 heavy (non-hydrogen) atoms. The number of aryl methyl sites for hydroxylation is 1. The molecular formula is C7H9BrN2O. The molecule has 1 aromatic rings. The Morgan fingerprint density at radius 2 is 2.45 bits per heavy atom. The molecular weight excluding hydrogens is 208 g/mol. The predicted molar refractivity (Wildman–Crippen MR) is 44.5 cm³/mol. The van der Waals surface area contributed by atoms with Crippen molar-refractivity contribution < 1.29 is 4.74 Å². The minimum atomic E-state index is 0.492. The molecule has 0 saturated carbocycles. The quantitative estimate of drug-likeness (QED) is 0.713. The molecule has 1 aromatic heterocycles. The van der Waals surface area contributed by atoms with E-state index >= 15 is 0 Å². The SMILES string of the molecule is Cc1ncc(Br)n1C1COC1. The van der Waals surface area contributed by atoms with Crippen LogP contribution in [0.1, 0.15) is 11.9 Å². The third kappa shape index (κ3) is 1.10. The van der Waals surface area contributed by atoms with E-state index in [1.165, 1.54) is 0 Å². The molecule has 1 saturated heterocycles. The summed E-state index contributed by atoms with van der Waals surface area (Å²) < 4.78 is 8.30. The van der Waals surface area contributed by atoms with Crippen LogP contribution in [0.15, 0.2) is 10.8 Å². The van der Waals surface area contributed by atoms with Crippen LogP contribution in [0.25, 0.3) is 0 Å². The number of hydrogen-bond acceptors (Lipinski definition) is 2. The molecule has 2 heterocycles. The molecule has 0 aliphatic carbocycles. The van der Waals surface area contributed by atoms with E-state index in [0.717, 1.165) is 23.6 Å². The summed E-state index contributed by atoms with van der Waals surface area (Å²) >= 11 is 3.44. The maximum Gasteiger partial charge on any atom is 0.106 e. The summed E-state index contributed by atoms with van der Waals surface area (Å²) in [6.07, 6.45) is 1.83. The first-order chi connectivity index (χ1) is 5.29. The average molecular weight is 217 g/mol. The summed E-state index contributed by atoms with van der Waals surface area (Å²) in [5.74, 6) is 1.05. The average Bonchev–Trinajstić information content (AvgIpc) is 2.15. The van der Waals surface area contributed by atoms with Crippen molar-refractivity contribution in [3.05, 3.63) is 16.6 Å². The normalized spacial score (nSPS) is 18.4. The first-order valence-corrected chi connectivity index (χ1v) is 4.35. The van der Waals surface area contributed by atoms with Gasteiger partial charge in [0.05, 0.1) is 25.5 Å². The van der Waals surface area contributed by atoms with E-state index in [9.17, 15) is 0 Å². The van der Waals surface area contributed by atoms with Crippen molar-refractivity contribution in [2.45, 2.75) is 13.0 Å². The molecule has 2 rings (SSSR count). The number of nitrogens with zero attached hydrogens (tertiary/aromatic N) is 2. The van der Waals surface area contributed by atoms with E-state index in [1.807, 2.05) is 13.1 Å². The highest BCUT2D eigenvalue weighted by atomic mass is 79.9. The second-order valence-corrected chi connectivity index (χ2v) is 3.50. The van der Waals surface area contributed by atoms with Crippen molar-refractivity contribution in [1.82, 2.24) is 9.55 Å². The van der Waals surface area contributed by atoms with Crippen LogP contribution < -0.4 is 0 Å². The van der Waals surface area contributed by atoms with Gasteiger partial charge in [0, 0.05) is 0 Å². The van der Waals surface area contributed by atoms with Crippen LogP contribution in [-0.4, -0.2) is 22.8 Å². The summed E-state index contributed by atoms with van der Waals surface area (Å²) in [7, 11) is 0. The molecule has 1 fully saturated rings. The fourth-order valence-corrected chi connectivity index (χ4v) is 1.89. The second kappa shape index (κ2) is 2.60. The van der Waals surface area contributed by atoms with Gasteiger partial charge < -0.3 is 9.30 Å². The topological polar surface area (TPSA) is 27.1 Å². The highest BCUT2D eigenvalue weighted by Gasteiger charge is 2.23. The third-order valence-corrected chi connectivity index (χ3v) is 2.51. The van der Waals surface area contributed by atoms with E-state index in [0.29, 0.717) is 6.04 Å². The monoisotopic (exact) mass is 216 g/mol. The van der Waals surface area contributed by atoms with Gasteiger partial charge in [-0.1, -0.05) is 0 Å². The van der Waals surface area contributed by atoms with Crippen LogP contribution in [0.2, 0.25) is 0 Å². The molecule has 0 amide bonds. The standard InChI is InChI=1S/C7H9BrN2O/c1-5-9-2-7(8)10(5)6-3-11-4-6/h2,6H,3-4H2,1H3. The molecule has 1 aliphatic rings. The zero-order chi connectivity index (χ0) is 7.84. The lowest BCUT2D eigenvalue weighted by Gasteiger charge is -2.28. The first-order valence-electron chi connectivity index (χ1n) is 3.56. The highest BCUT2D eigenvalue weighted by Crippen LogP contribution is 2.24. The van der Waals surface area contributed by atoms with Crippen molar-refractivity contribution in [2.75, 3.05) is 13.2 Å². The third-order valence-electron chi connectivity index (χ3n) is 1.92. The zero-order valence-electron chi connectivity index (χ0n) is 6.25. The molecule has 4 heteroatoms. The maximum absolute atomic E-state index is 5.10. The molecule has 0 spiro atoms. The summed E-state index contributed by atoms with van der Waals surface area (Å²) in [6, 6.07) is 0.492. The van der Waals surface area contributed by atoms with E-state index in [1.54, 1.807) is 0 Å². The van der Waals surface area contributed by atoms with Gasteiger partial charge in [0.2, 0.25) is 0 Å². The van der Waals surface area contributed by atoms with Gasteiger partial charge in [-0.15, -0.1) is 0 Å². The molecule has 0 bridgehead atoms. The number of halogens is 1. The zero-order valence-corrected chi connectivity index (χ0v) is 7.84. The van der Waals surface area contributed by atoms with Crippen LogP contribution in [0.3, 0.4) is 0 Å². The van der Waals surface area contributed by atoms with Crippen molar-refractivity contribution in [2.24, 2.45) is 0 Å². The molecule has 0 radical (unpaired) electrons. The fraction of sp³-hybridized carbons (Fsp3) is 0.571. The van der Waals surface area contributed by atoms with Crippen LogP contribution in [-0.2, 0) is 4.74 Å². The van der Waals surface area contributed by atoms with E-state index in [-0.39, 0.29) is 0 Å². The van der Waals surface area contributed by atoms with Crippen molar-refractivity contribution in [1.29, 1.82) is 0 Å². The van der Waals surface area contributed by atoms with Gasteiger partial charge in [-0.3, -0.25) is 0 Å². The lowest BCUT2D eigenvalue weighted by molar-refractivity contribution is -0.0250. The summed E-state index contributed by atoms with van der Waals surface area (Å²) in [5.41, 5.74) is 0. The minimum absolute atomic E-state index is 0.492. The number of aromatic nitrogens is 2. The number of hydrogen-bond donors (Lipinski definition) is 0. The van der Waals surface area contributed by atoms with Crippen LogP contribution in [0.5, 0.6) is 0 Å². The molecule has 0 aromatic carbocycles. The Morgan fingerprint density at radius 3 is 2.82 bits per heavy atom. The van der Waals surface area contributed by atoms with E-state index in [4.69, 9.17) is 4.74 Å². The van der Waals surface area contributed by atoms with Crippen LogP contribution >= 0.6 is 15.9 Å². The van der Waals surface area contributed by atoms with Gasteiger partial charge >= 0.3 is 0 Å². The van der Waals surface area contributed by atoms with Gasteiger partial charge in [0.15, 0.2) is 0 Å². The van der Waals surface area contributed by atoms with E-state index < -0.39 is 0 Å². The Balaban J connectivity index is 2.33. The smallest absolute Gasteiger partial charge is 0.106 e. The van der Waals surface area contributed by atoms with Crippen LogP contribution in [0, 0.1) is 6.92 Å². The lowest BCUT2D eigenvalue weighted by Crippen LogP contribution is -2.31. The highest BCUT2D eigenvalue weighted by molar-refractivity contribution is 9.10. The Bertz CT molecular complexity index is 248. The Labute approximate surface area is 73.5 Å². The molecule has 1 aliphatic heterocycles. The number of imidazole rings is 1. The largest absolute Gasteiger partial charge is 0.377 e. The van der Waals surface area contributed by atoms with Crippen molar-refractivity contribution in [3.8, 4) is 0 Å². The maximum atomic E-state index is 5.10. The summed E-state index contributed by atoms with van der Waals surface area (Å²) in [6.45, 7) is 3.63. The Morgan fingerprint density at radius 1 is 1.73 bits per heavy atom. The lowest BCUT2D eigenvalue weighted by atomic mass is 10.2. The van der Waals surface area contributed by atoms with Gasteiger partial charge in [0.1, 0.15) is 10.4 Å². The fourth-order valence-electron chi connectivity index (χ4n) is 1.24. The van der Waals surface area contributed by atoms with Gasteiger partial charge in [0.25, 0.3) is 0 Å². The number of rotatable bonds is 1. The Hall–Kier alpha value is -0.350. The minimum Gasteiger partial charge on any atom is -0.377 e. The molecule has 3 nitrogen and oxygen atoms in total. The molecule has 0 N–H and O–H groups in total. The first kappa shape index (κ1) is 7.31. The molecule has 60 valence electrons. The summed E-state index contributed by atoms with van der Waals surface area (Å²) in [5, 5.41) is 0. The van der Waals surface area contributed by atoms with Crippen LogP contribution in [0.4, 0.5) is 0 Å².